The number of hydrogen-bond donors (Lipinski definition) is 1. The van der Waals surface area contributed by atoms with Crippen LogP contribution in [0.4, 0.5) is 18.0 Å². The van der Waals surface area contributed by atoms with Crippen LogP contribution in [0, 0.1) is 5.92 Å². The monoisotopic (exact) mass is 224 g/mol. The molecule has 1 rings (SSSR count). The predicted octanol–water partition coefficient (Wildman–Crippen LogP) is 1.13. The average molecular weight is 224 g/mol. The Morgan fingerprint density at radius 2 is 2.07 bits per heavy atom. The molecule has 0 radical (unpaired) electrons. The van der Waals surface area contributed by atoms with Crippen LogP contribution < -0.4 is 5.32 Å². The van der Waals surface area contributed by atoms with E-state index in [1.54, 1.807) is 6.92 Å². The highest BCUT2D eigenvalue weighted by Gasteiger charge is 2.33. The van der Waals surface area contributed by atoms with E-state index in [2.05, 4.69) is 0 Å². The molecule has 1 unspecified atom stereocenters. The van der Waals surface area contributed by atoms with Gasteiger partial charge in [0.1, 0.15) is 0 Å². The van der Waals surface area contributed by atoms with E-state index in [9.17, 15) is 22.8 Å². The third-order valence-electron chi connectivity index (χ3n) is 2.12. The first-order valence-corrected chi connectivity index (χ1v) is 4.46. The SMILES string of the molecule is CC1CN(CCC(F)(F)F)C(=O)NC1=O. The summed E-state index contributed by atoms with van der Waals surface area (Å²) in [6.45, 7) is 1.19. The first-order chi connectivity index (χ1) is 6.79. The molecule has 1 atom stereocenters. The third-order valence-corrected chi connectivity index (χ3v) is 2.12. The second-order valence-corrected chi connectivity index (χ2v) is 3.51. The van der Waals surface area contributed by atoms with Gasteiger partial charge in [0.2, 0.25) is 5.91 Å². The van der Waals surface area contributed by atoms with Crippen molar-refractivity contribution in [1.82, 2.24) is 10.2 Å². The van der Waals surface area contributed by atoms with Crippen molar-refractivity contribution in [2.24, 2.45) is 5.92 Å². The second kappa shape index (κ2) is 4.08. The molecule has 0 bridgehead atoms. The van der Waals surface area contributed by atoms with Gasteiger partial charge in [0, 0.05) is 13.1 Å². The van der Waals surface area contributed by atoms with Crippen molar-refractivity contribution in [2.45, 2.75) is 19.5 Å². The van der Waals surface area contributed by atoms with Crippen LogP contribution in [-0.4, -0.2) is 36.1 Å². The Morgan fingerprint density at radius 1 is 1.47 bits per heavy atom. The van der Waals surface area contributed by atoms with Crippen molar-refractivity contribution in [2.75, 3.05) is 13.1 Å². The fraction of sp³-hybridized carbons (Fsp3) is 0.750. The van der Waals surface area contributed by atoms with Crippen LogP contribution in [-0.2, 0) is 4.79 Å². The van der Waals surface area contributed by atoms with Crippen molar-refractivity contribution in [1.29, 1.82) is 0 Å². The molecule has 0 aromatic heterocycles. The van der Waals surface area contributed by atoms with Gasteiger partial charge in [-0.2, -0.15) is 13.2 Å². The van der Waals surface area contributed by atoms with Gasteiger partial charge in [-0.15, -0.1) is 0 Å². The summed E-state index contributed by atoms with van der Waals surface area (Å²) < 4.78 is 35.7. The topological polar surface area (TPSA) is 49.4 Å². The molecule has 0 spiro atoms. The van der Waals surface area contributed by atoms with Gasteiger partial charge in [0.05, 0.1) is 12.3 Å². The standard InChI is InChI=1S/C8H11F3N2O2/c1-5-4-13(3-2-8(9,10)11)7(15)12-6(5)14/h5H,2-4H2,1H3,(H,12,14,15). The summed E-state index contributed by atoms with van der Waals surface area (Å²) in [6, 6.07) is -0.748. The number of amides is 3. The number of rotatable bonds is 2. The molecule has 1 saturated heterocycles. The number of alkyl halides is 3. The maximum absolute atomic E-state index is 11.9. The van der Waals surface area contributed by atoms with Gasteiger partial charge in [0.25, 0.3) is 0 Å². The van der Waals surface area contributed by atoms with Gasteiger partial charge in [-0.1, -0.05) is 6.92 Å². The summed E-state index contributed by atoms with van der Waals surface area (Å²) in [4.78, 5) is 23.1. The summed E-state index contributed by atoms with van der Waals surface area (Å²) >= 11 is 0. The van der Waals surface area contributed by atoms with E-state index in [-0.39, 0.29) is 6.54 Å². The zero-order valence-electron chi connectivity index (χ0n) is 8.10. The largest absolute Gasteiger partial charge is 0.390 e. The van der Waals surface area contributed by atoms with E-state index < -0.39 is 37.0 Å². The molecular weight excluding hydrogens is 213 g/mol. The number of imide groups is 1. The Labute approximate surface area is 84.4 Å². The van der Waals surface area contributed by atoms with E-state index in [1.807, 2.05) is 5.32 Å². The summed E-state index contributed by atoms with van der Waals surface area (Å²) in [5, 5.41) is 2.00. The number of nitrogens with one attached hydrogen (secondary N) is 1. The van der Waals surface area contributed by atoms with Gasteiger partial charge in [-0.05, 0) is 0 Å². The number of nitrogens with zero attached hydrogens (tertiary/aromatic N) is 1. The van der Waals surface area contributed by atoms with E-state index in [4.69, 9.17) is 0 Å². The average Bonchev–Trinajstić information content (AvgIpc) is 2.07. The Balaban J connectivity index is 2.49. The summed E-state index contributed by atoms with van der Waals surface area (Å²) in [6.07, 6.45) is -5.34. The lowest BCUT2D eigenvalue weighted by Crippen LogP contribution is -2.54. The van der Waals surface area contributed by atoms with E-state index in [1.165, 1.54) is 0 Å². The Hall–Kier alpha value is -1.27. The molecule has 1 N–H and O–H groups in total. The lowest BCUT2D eigenvalue weighted by Gasteiger charge is -2.30. The number of carbonyl (C=O) groups is 2. The highest BCUT2D eigenvalue weighted by atomic mass is 19.4. The lowest BCUT2D eigenvalue weighted by atomic mass is 10.1. The highest BCUT2D eigenvalue weighted by molar-refractivity contribution is 5.97. The van der Waals surface area contributed by atoms with E-state index in [0.717, 1.165) is 4.90 Å². The van der Waals surface area contributed by atoms with Gasteiger partial charge in [0.15, 0.2) is 0 Å². The molecule has 4 nitrogen and oxygen atoms in total. The van der Waals surface area contributed by atoms with Crippen LogP contribution in [0.5, 0.6) is 0 Å². The summed E-state index contributed by atoms with van der Waals surface area (Å²) in [5.74, 6) is -0.904. The minimum Gasteiger partial charge on any atom is -0.323 e. The van der Waals surface area contributed by atoms with Crippen LogP contribution in [0.25, 0.3) is 0 Å². The number of hydrogen-bond acceptors (Lipinski definition) is 2. The molecule has 1 heterocycles. The highest BCUT2D eigenvalue weighted by Crippen LogP contribution is 2.20. The van der Waals surface area contributed by atoms with Crippen molar-refractivity contribution in [3.63, 3.8) is 0 Å². The maximum atomic E-state index is 11.9. The third kappa shape index (κ3) is 3.41. The molecule has 0 aromatic carbocycles. The molecule has 0 aromatic rings. The van der Waals surface area contributed by atoms with Crippen molar-refractivity contribution in [3.05, 3.63) is 0 Å². The van der Waals surface area contributed by atoms with Crippen molar-refractivity contribution in [3.8, 4) is 0 Å². The van der Waals surface area contributed by atoms with Crippen LogP contribution in [0.3, 0.4) is 0 Å². The molecular formula is C8H11F3N2O2. The zero-order chi connectivity index (χ0) is 11.6. The van der Waals surface area contributed by atoms with Crippen molar-refractivity contribution >= 4 is 11.9 Å². The van der Waals surface area contributed by atoms with E-state index >= 15 is 0 Å². The zero-order valence-corrected chi connectivity index (χ0v) is 8.10. The minimum absolute atomic E-state index is 0.0424. The Kier molecular flexibility index (Phi) is 3.21. The molecule has 86 valence electrons. The fourth-order valence-electron chi connectivity index (χ4n) is 1.26. The van der Waals surface area contributed by atoms with Crippen LogP contribution in [0.15, 0.2) is 0 Å². The van der Waals surface area contributed by atoms with Crippen LogP contribution in [0.2, 0.25) is 0 Å². The number of carbonyl (C=O) groups excluding carboxylic acids is 2. The molecule has 3 amide bonds. The molecule has 1 aliphatic rings. The van der Waals surface area contributed by atoms with Gasteiger partial charge in [-0.25, -0.2) is 4.79 Å². The van der Waals surface area contributed by atoms with Crippen molar-refractivity contribution < 1.29 is 22.8 Å². The molecule has 15 heavy (non-hydrogen) atoms. The minimum atomic E-state index is -4.29. The van der Waals surface area contributed by atoms with E-state index in [0.29, 0.717) is 0 Å². The lowest BCUT2D eigenvalue weighted by molar-refractivity contribution is -0.137. The first-order valence-electron chi connectivity index (χ1n) is 4.46. The molecule has 0 aliphatic carbocycles. The van der Waals surface area contributed by atoms with Gasteiger partial charge in [-0.3, -0.25) is 10.1 Å². The molecule has 1 aliphatic heterocycles. The quantitative estimate of drug-likeness (QED) is 0.764. The van der Waals surface area contributed by atoms with Gasteiger partial charge >= 0.3 is 12.2 Å². The normalized spacial score (nSPS) is 22.9. The molecule has 7 heteroatoms. The maximum Gasteiger partial charge on any atom is 0.390 e. The summed E-state index contributed by atoms with van der Waals surface area (Å²) in [5.41, 5.74) is 0. The second-order valence-electron chi connectivity index (χ2n) is 3.51. The van der Waals surface area contributed by atoms with Crippen LogP contribution >= 0.6 is 0 Å². The Morgan fingerprint density at radius 3 is 2.60 bits per heavy atom. The predicted molar refractivity (Wildman–Crippen MR) is 44.9 cm³/mol. The van der Waals surface area contributed by atoms with Crippen LogP contribution in [0.1, 0.15) is 13.3 Å². The first kappa shape index (κ1) is 11.8. The number of halogens is 3. The smallest absolute Gasteiger partial charge is 0.323 e. The molecule has 1 fully saturated rings. The fourth-order valence-corrected chi connectivity index (χ4v) is 1.26. The Bertz CT molecular complexity index is 278. The molecule has 0 saturated carbocycles. The number of urea groups is 1. The van der Waals surface area contributed by atoms with Gasteiger partial charge < -0.3 is 4.90 Å². The summed E-state index contributed by atoms with van der Waals surface area (Å²) in [7, 11) is 0.